The van der Waals surface area contributed by atoms with Crippen molar-refractivity contribution >= 4 is 17.7 Å². The quantitative estimate of drug-likeness (QED) is 0.296. The normalized spacial score (nSPS) is 9.63. The smallest absolute Gasteiger partial charge is 0.257 e. The number of carbonyl (C=O) groups is 3. The van der Waals surface area contributed by atoms with Crippen molar-refractivity contribution in [3.8, 4) is 17.2 Å². The summed E-state index contributed by atoms with van der Waals surface area (Å²) >= 11 is 0. The minimum atomic E-state index is -0.157. The zero-order chi connectivity index (χ0) is 31.7. The summed E-state index contributed by atoms with van der Waals surface area (Å²) in [6, 6.07) is 4.57. The number of amides is 3. The summed E-state index contributed by atoms with van der Waals surface area (Å²) in [5, 5.41) is 28.2. The van der Waals surface area contributed by atoms with Crippen molar-refractivity contribution in [1.82, 2.24) is 29.7 Å². The first-order valence-electron chi connectivity index (χ1n) is 13.9. The summed E-state index contributed by atoms with van der Waals surface area (Å²) in [7, 11) is 0. The Balaban J connectivity index is 0.000000608. The maximum absolute atomic E-state index is 11.8. The van der Waals surface area contributed by atoms with Crippen LogP contribution in [0.1, 0.15) is 72.6 Å². The summed E-state index contributed by atoms with van der Waals surface area (Å²) in [6.45, 7) is 15.2. The first kappa shape index (κ1) is 38.8. The van der Waals surface area contributed by atoms with Gasteiger partial charge >= 0.3 is 0 Å². The number of aromatic nitrogens is 3. The summed E-state index contributed by atoms with van der Waals surface area (Å²) in [5.74, 6) is -0.669. The van der Waals surface area contributed by atoms with Gasteiger partial charge in [-0.25, -0.2) is 0 Å². The van der Waals surface area contributed by atoms with Gasteiger partial charge in [0, 0.05) is 74.9 Å². The maximum Gasteiger partial charge on any atom is 0.257 e. The average Bonchev–Trinajstić information content (AvgIpc) is 3.00. The third kappa shape index (κ3) is 11.5. The molecule has 0 spiro atoms. The SMILES string of the molecule is CCN(CC)C(=O)c1ccncc1O.CCN(CC)C(=O)c1ccncc1O.CCN(CC)C(=O)c1ccncc1O.[Fe]. The summed E-state index contributed by atoms with van der Waals surface area (Å²) in [4.78, 5) is 51.4. The molecule has 3 rings (SSSR count). The van der Waals surface area contributed by atoms with Gasteiger partial charge in [0.25, 0.3) is 17.7 Å². The molecule has 0 aliphatic carbocycles. The van der Waals surface area contributed by atoms with Gasteiger partial charge in [0.2, 0.25) is 0 Å². The largest absolute Gasteiger partial charge is 0.505 e. The van der Waals surface area contributed by atoms with Crippen LogP contribution in [0, 0.1) is 0 Å². The van der Waals surface area contributed by atoms with E-state index in [1.165, 1.54) is 55.4 Å². The monoisotopic (exact) mass is 638 g/mol. The second-order valence-corrected chi connectivity index (χ2v) is 8.61. The van der Waals surface area contributed by atoms with Crippen molar-refractivity contribution in [3.05, 3.63) is 72.1 Å². The van der Waals surface area contributed by atoms with Crippen LogP contribution in [0.3, 0.4) is 0 Å². The Bertz CT molecular complexity index is 1130. The molecular formula is C30H42FeN6O6. The van der Waals surface area contributed by atoms with Crippen LogP contribution in [0.2, 0.25) is 0 Å². The van der Waals surface area contributed by atoms with E-state index < -0.39 is 0 Å². The van der Waals surface area contributed by atoms with E-state index >= 15 is 0 Å². The fraction of sp³-hybridized carbons (Fsp3) is 0.400. The van der Waals surface area contributed by atoms with Gasteiger partial charge < -0.3 is 30.0 Å². The molecule has 12 nitrogen and oxygen atoms in total. The van der Waals surface area contributed by atoms with E-state index in [1.54, 1.807) is 14.7 Å². The molecule has 3 heterocycles. The average molecular weight is 639 g/mol. The topological polar surface area (TPSA) is 160 Å². The zero-order valence-corrected chi connectivity index (χ0v) is 26.6. The second-order valence-electron chi connectivity index (χ2n) is 8.61. The van der Waals surface area contributed by atoms with E-state index in [1.807, 2.05) is 41.5 Å². The number of pyridine rings is 3. The molecule has 43 heavy (non-hydrogen) atoms. The molecule has 0 atom stereocenters. The van der Waals surface area contributed by atoms with Crippen LogP contribution in [-0.2, 0) is 17.1 Å². The summed E-state index contributed by atoms with van der Waals surface area (Å²) < 4.78 is 0. The van der Waals surface area contributed by atoms with Crippen molar-refractivity contribution in [2.45, 2.75) is 41.5 Å². The van der Waals surface area contributed by atoms with Crippen LogP contribution in [0.15, 0.2) is 55.4 Å². The van der Waals surface area contributed by atoms with Crippen LogP contribution < -0.4 is 0 Å². The minimum absolute atomic E-state index is 0. The van der Waals surface area contributed by atoms with Gasteiger partial charge in [0.05, 0.1) is 35.3 Å². The zero-order valence-electron chi connectivity index (χ0n) is 25.5. The Hall–Kier alpha value is -4.22. The van der Waals surface area contributed by atoms with E-state index in [0.717, 1.165) is 0 Å². The predicted octanol–water partition coefficient (Wildman–Crippen LogP) is 3.81. The van der Waals surface area contributed by atoms with E-state index in [-0.39, 0.29) is 52.0 Å². The predicted molar refractivity (Wildman–Crippen MR) is 159 cm³/mol. The third-order valence-corrected chi connectivity index (χ3v) is 6.24. The molecule has 0 saturated carbocycles. The van der Waals surface area contributed by atoms with Crippen molar-refractivity contribution in [2.75, 3.05) is 39.3 Å². The summed E-state index contributed by atoms with van der Waals surface area (Å²) in [6.07, 6.45) is 8.31. The molecule has 3 aromatic rings. The molecule has 0 fully saturated rings. The Morgan fingerprint density at radius 3 is 0.884 bits per heavy atom. The van der Waals surface area contributed by atoms with Crippen molar-refractivity contribution in [2.24, 2.45) is 0 Å². The molecule has 13 heteroatoms. The molecule has 0 bridgehead atoms. The van der Waals surface area contributed by atoms with Gasteiger partial charge in [0.1, 0.15) is 17.2 Å². The van der Waals surface area contributed by atoms with E-state index in [4.69, 9.17) is 0 Å². The van der Waals surface area contributed by atoms with Crippen molar-refractivity contribution in [3.63, 3.8) is 0 Å². The van der Waals surface area contributed by atoms with E-state index in [9.17, 15) is 29.7 Å². The molecule has 3 N–H and O–H groups in total. The number of rotatable bonds is 9. The van der Waals surface area contributed by atoms with Crippen LogP contribution in [0.4, 0.5) is 0 Å². The molecule has 3 aromatic heterocycles. The minimum Gasteiger partial charge on any atom is -0.505 e. The molecule has 236 valence electrons. The molecule has 0 saturated heterocycles. The molecule has 0 aromatic carbocycles. The van der Waals surface area contributed by atoms with Crippen LogP contribution in [0.25, 0.3) is 0 Å². The molecule has 0 unspecified atom stereocenters. The Morgan fingerprint density at radius 2 is 0.721 bits per heavy atom. The Labute approximate surface area is 263 Å². The van der Waals surface area contributed by atoms with Gasteiger partial charge in [-0.05, 0) is 59.7 Å². The van der Waals surface area contributed by atoms with Crippen molar-refractivity contribution < 1.29 is 46.8 Å². The number of aromatic hydroxyl groups is 3. The third-order valence-electron chi connectivity index (χ3n) is 6.24. The standard InChI is InChI=1S/3C10H14N2O2.Fe/c3*1-3-12(4-2)10(14)8-5-6-11-7-9(8)13;/h3*5-7,13H,3-4H2,1-2H3;. The molecule has 0 radical (unpaired) electrons. The fourth-order valence-electron chi connectivity index (χ4n) is 3.74. The molecule has 3 amide bonds. The number of carbonyl (C=O) groups excluding carboxylic acids is 3. The van der Waals surface area contributed by atoms with Gasteiger partial charge in [-0.2, -0.15) is 0 Å². The summed E-state index contributed by atoms with van der Waals surface area (Å²) in [5.41, 5.74) is 0.927. The van der Waals surface area contributed by atoms with Gasteiger partial charge in [-0.15, -0.1) is 0 Å². The Kier molecular flexibility index (Phi) is 18.6. The van der Waals surface area contributed by atoms with Crippen molar-refractivity contribution in [1.29, 1.82) is 0 Å². The van der Waals surface area contributed by atoms with E-state index in [2.05, 4.69) is 15.0 Å². The van der Waals surface area contributed by atoms with Crippen LogP contribution in [0.5, 0.6) is 17.2 Å². The van der Waals surface area contributed by atoms with Crippen LogP contribution in [-0.4, -0.2) is 102 Å². The van der Waals surface area contributed by atoms with E-state index in [0.29, 0.717) is 56.0 Å². The molecular weight excluding hydrogens is 596 g/mol. The second kappa shape index (κ2) is 20.6. The number of hydrogen-bond acceptors (Lipinski definition) is 9. The number of nitrogens with zero attached hydrogens (tertiary/aromatic N) is 6. The maximum atomic E-state index is 11.8. The van der Waals surface area contributed by atoms with Gasteiger partial charge in [0.15, 0.2) is 0 Å². The van der Waals surface area contributed by atoms with Crippen LogP contribution >= 0.6 is 0 Å². The first-order valence-corrected chi connectivity index (χ1v) is 13.9. The fourth-order valence-corrected chi connectivity index (χ4v) is 3.74. The van der Waals surface area contributed by atoms with Gasteiger partial charge in [-0.1, -0.05) is 0 Å². The number of hydrogen-bond donors (Lipinski definition) is 3. The van der Waals surface area contributed by atoms with Gasteiger partial charge in [-0.3, -0.25) is 29.3 Å². The molecule has 0 aliphatic rings. The molecule has 0 aliphatic heterocycles. The first-order chi connectivity index (χ1) is 20.1. The Morgan fingerprint density at radius 1 is 0.512 bits per heavy atom.